The SMILES string of the molecule is OC1(CCCC2CCCO2)CCc2ccccc21. The van der Waals surface area contributed by atoms with E-state index in [1.807, 2.05) is 6.07 Å². The van der Waals surface area contributed by atoms with Crippen molar-refractivity contribution in [3.63, 3.8) is 0 Å². The summed E-state index contributed by atoms with van der Waals surface area (Å²) in [5.41, 5.74) is 1.92. The molecule has 1 heterocycles. The van der Waals surface area contributed by atoms with Crippen molar-refractivity contribution >= 4 is 0 Å². The molecule has 1 fully saturated rings. The van der Waals surface area contributed by atoms with Crippen LogP contribution < -0.4 is 0 Å². The second-order valence-corrected chi connectivity index (χ2v) is 5.72. The Balaban J connectivity index is 1.59. The number of hydrogen-bond acceptors (Lipinski definition) is 2. The molecular weight excluding hydrogens is 224 g/mol. The largest absolute Gasteiger partial charge is 0.385 e. The lowest BCUT2D eigenvalue weighted by atomic mass is 9.89. The Morgan fingerprint density at radius 1 is 1.33 bits per heavy atom. The quantitative estimate of drug-likeness (QED) is 0.884. The van der Waals surface area contributed by atoms with E-state index in [-0.39, 0.29) is 0 Å². The molecule has 1 saturated heterocycles. The molecule has 0 amide bonds. The molecule has 2 nitrogen and oxygen atoms in total. The molecule has 98 valence electrons. The van der Waals surface area contributed by atoms with Crippen molar-refractivity contribution in [2.75, 3.05) is 6.61 Å². The lowest BCUT2D eigenvalue weighted by molar-refractivity contribution is 0.0210. The first-order valence-electron chi connectivity index (χ1n) is 7.20. The molecular formula is C16H22O2. The monoisotopic (exact) mass is 246 g/mol. The van der Waals surface area contributed by atoms with Crippen LogP contribution in [0.2, 0.25) is 0 Å². The highest BCUT2D eigenvalue weighted by molar-refractivity contribution is 5.36. The van der Waals surface area contributed by atoms with Crippen LogP contribution in [0.15, 0.2) is 24.3 Å². The van der Waals surface area contributed by atoms with Gasteiger partial charge < -0.3 is 9.84 Å². The summed E-state index contributed by atoms with van der Waals surface area (Å²) >= 11 is 0. The molecule has 18 heavy (non-hydrogen) atoms. The molecule has 0 bridgehead atoms. The van der Waals surface area contributed by atoms with Crippen LogP contribution in [0.3, 0.4) is 0 Å². The third-order valence-corrected chi connectivity index (χ3v) is 4.47. The summed E-state index contributed by atoms with van der Waals surface area (Å²) in [6.07, 6.45) is 7.81. The summed E-state index contributed by atoms with van der Waals surface area (Å²) in [4.78, 5) is 0. The van der Waals surface area contributed by atoms with Gasteiger partial charge in [0.25, 0.3) is 0 Å². The minimum atomic E-state index is -0.574. The smallest absolute Gasteiger partial charge is 0.0902 e. The molecule has 1 aliphatic heterocycles. The van der Waals surface area contributed by atoms with Crippen molar-refractivity contribution in [3.8, 4) is 0 Å². The van der Waals surface area contributed by atoms with Gasteiger partial charge >= 0.3 is 0 Å². The van der Waals surface area contributed by atoms with Crippen molar-refractivity contribution in [2.45, 2.75) is 56.7 Å². The minimum absolute atomic E-state index is 0.449. The van der Waals surface area contributed by atoms with Crippen LogP contribution in [0.5, 0.6) is 0 Å². The molecule has 1 aromatic rings. The van der Waals surface area contributed by atoms with Crippen molar-refractivity contribution in [1.29, 1.82) is 0 Å². The number of ether oxygens (including phenoxy) is 1. The molecule has 3 rings (SSSR count). The van der Waals surface area contributed by atoms with Gasteiger partial charge in [-0.1, -0.05) is 24.3 Å². The molecule has 0 saturated carbocycles. The van der Waals surface area contributed by atoms with Gasteiger partial charge in [-0.3, -0.25) is 0 Å². The van der Waals surface area contributed by atoms with Crippen LogP contribution in [0.1, 0.15) is 49.7 Å². The van der Waals surface area contributed by atoms with E-state index in [9.17, 15) is 5.11 Å². The lowest BCUT2D eigenvalue weighted by Crippen LogP contribution is -2.22. The highest BCUT2D eigenvalue weighted by Crippen LogP contribution is 2.40. The number of benzene rings is 1. The first-order chi connectivity index (χ1) is 8.78. The fourth-order valence-corrected chi connectivity index (χ4v) is 3.42. The van der Waals surface area contributed by atoms with Crippen molar-refractivity contribution < 1.29 is 9.84 Å². The maximum Gasteiger partial charge on any atom is 0.0902 e. The first kappa shape index (κ1) is 12.2. The van der Waals surface area contributed by atoms with Crippen molar-refractivity contribution in [3.05, 3.63) is 35.4 Å². The Kier molecular flexibility index (Phi) is 3.40. The van der Waals surface area contributed by atoms with E-state index in [1.54, 1.807) is 0 Å². The summed E-state index contributed by atoms with van der Waals surface area (Å²) in [7, 11) is 0. The Morgan fingerprint density at radius 3 is 3.06 bits per heavy atom. The van der Waals surface area contributed by atoms with Crippen LogP contribution in [-0.4, -0.2) is 17.8 Å². The first-order valence-corrected chi connectivity index (χ1v) is 7.20. The second-order valence-electron chi connectivity index (χ2n) is 5.72. The molecule has 0 aromatic heterocycles. The van der Waals surface area contributed by atoms with Gasteiger partial charge in [0.2, 0.25) is 0 Å². The van der Waals surface area contributed by atoms with Crippen LogP contribution in [0.25, 0.3) is 0 Å². The van der Waals surface area contributed by atoms with Gasteiger partial charge in [-0.05, 0) is 56.1 Å². The summed E-state index contributed by atoms with van der Waals surface area (Å²) in [6.45, 7) is 0.928. The van der Waals surface area contributed by atoms with E-state index in [2.05, 4.69) is 18.2 Å². The molecule has 1 N–H and O–H groups in total. The fourth-order valence-electron chi connectivity index (χ4n) is 3.42. The van der Waals surface area contributed by atoms with Crippen molar-refractivity contribution in [2.24, 2.45) is 0 Å². The standard InChI is InChI=1S/C16H22O2/c17-16(10-3-6-14-7-4-12-18-14)11-9-13-5-1-2-8-15(13)16/h1-2,5,8,14,17H,3-4,6-7,9-12H2. The highest BCUT2D eigenvalue weighted by Gasteiger charge is 2.35. The van der Waals surface area contributed by atoms with Crippen molar-refractivity contribution in [1.82, 2.24) is 0 Å². The van der Waals surface area contributed by atoms with Gasteiger partial charge in [-0.15, -0.1) is 0 Å². The number of rotatable bonds is 4. The second kappa shape index (κ2) is 5.02. The number of aryl methyl sites for hydroxylation is 1. The fraction of sp³-hybridized carbons (Fsp3) is 0.625. The zero-order valence-corrected chi connectivity index (χ0v) is 10.9. The molecule has 2 aliphatic rings. The summed E-state index contributed by atoms with van der Waals surface area (Å²) in [5, 5.41) is 10.8. The summed E-state index contributed by atoms with van der Waals surface area (Å²) in [5.74, 6) is 0. The predicted molar refractivity (Wildman–Crippen MR) is 71.5 cm³/mol. The number of aliphatic hydroxyl groups is 1. The van der Waals surface area contributed by atoms with E-state index in [1.165, 1.54) is 18.4 Å². The van der Waals surface area contributed by atoms with Gasteiger partial charge in [0, 0.05) is 6.61 Å². The lowest BCUT2D eigenvalue weighted by Gasteiger charge is -2.24. The van der Waals surface area contributed by atoms with E-state index >= 15 is 0 Å². The Bertz CT molecular complexity index is 409. The molecule has 1 aliphatic carbocycles. The zero-order chi connectivity index (χ0) is 12.4. The van der Waals surface area contributed by atoms with Gasteiger partial charge in [-0.25, -0.2) is 0 Å². The third-order valence-electron chi connectivity index (χ3n) is 4.47. The molecule has 1 aromatic carbocycles. The third kappa shape index (κ3) is 2.32. The van der Waals surface area contributed by atoms with Crippen LogP contribution in [0, 0.1) is 0 Å². The Morgan fingerprint density at radius 2 is 2.22 bits per heavy atom. The highest BCUT2D eigenvalue weighted by atomic mass is 16.5. The van der Waals surface area contributed by atoms with Gasteiger partial charge in [0.05, 0.1) is 11.7 Å². The Labute approximate surface area is 109 Å². The van der Waals surface area contributed by atoms with E-state index in [0.717, 1.165) is 44.3 Å². The molecule has 2 heteroatoms. The van der Waals surface area contributed by atoms with E-state index in [4.69, 9.17) is 4.74 Å². The normalized spacial score (nSPS) is 30.6. The topological polar surface area (TPSA) is 29.5 Å². The van der Waals surface area contributed by atoms with Gasteiger partial charge in [0.15, 0.2) is 0 Å². The van der Waals surface area contributed by atoms with E-state index < -0.39 is 5.60 Å². The average molecular weight is 246 g/mol. The van der Waals surface area contributed by atoms with Gasteiger partial charge in [0.1, 0.15) is 0 Å². The Hall–Kier alpha value is -0.860. The summed E-state index contributed by atoms with van der Waals surface area (Å²) in [6, 6.07) is 8.34. The summed E-state index contributed by atoms with van der Waals surface area (Å²) < 4.78 is 5.64. The number of hydrogen-bond donors (Lipinski definition) is 1. The molecule has 2 atom stereocenters. The molecule has 2 unspecified atom stereocenters. The van der Waals surface area contributed by atoms with Crippen LogP contribution >= 0.6 is 0 Å². The number of fused-ring (bicyclic) bond motifs is 1. The van der Waals surface area contributed by atoms with Crippen LogP contribution in [-0.2, 0) is 16.8 Å². The maximum absolute atomic E-state index is 10.8. The zero-order valence-electron chi connectivity index (χ0n) is 10.9. The molecule has 0 spiro atoms. The molecule has 0 radical (unpaired) electrons. The van der Waals surface area contributed by atoms with Crippen LogP contribution in [0.4, 0.5) is 0 Å². The van der Waals surface area contributed by atoms with E-state index in [0.29, 0.717) is 6.10 Å². The maximum atomic E-state index is 10.8. The van der Waals surface area contributed by atoms with Gasteiger partial charge in [-0.2, -0.15) is 0 Å². The predicted octanol–water partition coefficient (Wildman–Crippen LogP) is 3.17. The minimum Gasteiger partial charge on any atom is -0.385 e. The average Bonchev–Trinajstić information content (AvgIpc) is 3.00.